The fraction of sp³-hybridized carbons (Fsp3) is 0.273. The Morgan fingerprint density at radius 2 is 1.72 bits per heavy atom. The van der Waals surface area contributed by atoms with Crippen LogP contribution in [0.3, 0.4) is 0 Å². The number of piperidine rings is 1. The lowest BCUT2D eigenvalue weighted by atomic mass is 9.95. The Labute approximate surface area is 168 Å². The molecule has 0 saturated carbocycles. The Balaban J connectivity index is 1.37. The molecule has 0 unspecified atom stereocenters. The maximum Gasteiger partial charge on any atom is 0.289 e. The van der Waals surface area contributed by atoms with Crippen LogP contribution in [-0.4, -0.2) is 45.6 Å². The highest BCUT2D eigenvalue weighted by atomic mass is 16.2. The molecule has 1 aliphatic rings. The normalized spacial score (nSPS) is 14.7. The predicted octanol–water partition coefficient (Wildman–Crippen LogP) is 3.00. The van der Waals surface area contributed by atoms with Crippen molar-refractivity contribution in [1.82, 2.24) is 14.9 Å². The summed E-state index contributed by atoms with van der Waals surface area (Å²) >= 11 is 0. The van der Waals surface area contributed by atoms with Crippen molar-refractivity contribution in [1.29, 1.82) is 0 Å². The first-order valence-electron chi connectivity index (χ1n) is 9.67. The second-order valence-electron chi connectivity index (χ2n) is 7.29. The third-order valence-electron chi connectivity index (χ3n) is 5.27. The van der Waals surface area contributed by atoms with Crippen molar-refractivity contribution in [2.45, 2.75) is 19.8 Å². The number of hydrogen-bond donors (Lipinski definition) is 2. The van der Waals surface area contributed by atoms with Crippen LogP contribution in [0.4, 0.5) is 5.69 Å². The molecule has 1 aromatic heterocycles. The van der Waals surface area contributed by atoms with Gasteiger partial charge in [-0.05, 0) is 49.2 Å². The van der Waals surface area contributed by atoms with Gasteiger partial charge >= 0.3 is 0 Å². The SMILES string of the molecule is CC(=O)C(=O)N1CCC(C(=O)Nc2ccc(-c3nc4ccccc4[nH]3)cc2)CC1. The molecule has 7 heteroatoms. The first-order chi connectivity index (χ1) is 14.0. The summed E-state index contributed by atoms with van der Waals surface area (Å²) in [5, 5.41) is 2.94. The van der Waals surface area contributed by atoms with Gasteiger partial charge in [-0.3, -0.25) is 14.4 Å². The van der Waals surface area contributed by atoms with Gasteiger partial charge in [0.1, 0.15) is 5.82 Å². The number of benzene rings is 2. The Hall–Kier alpha value is -3.48. The number of fused-ring (bicyclic) bond motifs is 1. The van der Waals surface area contributed by atoms with E-state index in [1.54, 1.807) is 0 Å². The van der Waals surface area contributed by atoms with Crippen molar-refractivity contribution in [2.75, 3.05) is 18.4 Å². The number of aromatic nitrogens is 2. The summed E-state index contributed by atoms with van der Waals surface area (Å²) in [6, 6.07) is 15.4. The van der Waals surface area contributed by atoms with E-state index in [4.69, 9.17) is 0 Å². The van der Waals surface area contributed by atoms with Crippen LogP contribution in [0.1, 0.15) is 19.8 Å². The van der Waals surface area contributed by atoms with Crippen LogP contribution >= 0.6 is 0 Å². The van der Waals surface area contributed by atoms with Crippen molar-refractivity contribution in [2.24, 2.45) is 5.92 Å². The first-order valence-corrected chi connectivity index (χ1v) is 9.67. The van der Waals surface area contributed by atoms with E-state index in [9.17, 15) is 14.4 Å². The molecule has 0 atom stereocenters. The van der Waals surface area contributed by atoms with E-state index in [2.05, 4.69) is 15.3 Å². The Morgan fingerprint density at radius 1 is 1.03 bits per heavy atom. The van der Waals surface area contributed by atoms with E-state index in [1.165, 1.54) is 11.8 Å². The molecular weight excluding hydrogens is 368 g/mol. The molecule has 2 aromatic carbocycles. The van der Waals surface area contributed by atoms with Gasteiger partial charge in [-0.1, -0.05) is 12.1 Å². The number of carbonyl (C=O) groups excluding carboxylic acids is 3. The number of H-pyrrole nitrogens is 1. The van der Waals surface area contributed by atoms with E-state index in [0.717, 1.165) is 28.1 Å². The highest BCUT2D eigenvalue weighted by Gasteiger charge is 2.28. The fourth-order valence-corrected chi connectivity index (χ4v) is 3.61. The number of imidazole rings is 1. The van der Waals surface area contributed by atoms with Gasteiger partial charge in [0.2, 0.25) is 11.7 Å². The summed E-state index contributed by atoms with van der Waals surface area (Å²) in [7, 11) is 0. The van der Waals surface area contributed by atoms with Gasteiger partial charge in [-0.2, -0.15) is 0 Å². The molecule has 7 nitrogen and oxygen atoms in total. The molecule has 2 amide bonds. The smallest absolute Gasteiger partial charge is 0.289 e. The number of aromatic amines is 1. The number of rotatable bonds is 4. The summed E-state index contributed by atoms with van der Waals surface area (Å²) in [5.41, 5.74) is 3.55. The number of amides is 2. The standard InChI is InChI=1S/C22H22N4O3/c1-14(27)22(29)26-12-10-16(11-13-26)21(28)23-17-8-6-15(7-9-17)20-24-18-4-2-3-5-19(18)25-20/h2-9,16H,10-13H2,1H3,(H,23,28)(H,24,25). The van der Waals surface area contributed by atoms with E-state index >= 15 is 0 Å². The Kier molecular flexibility index (Phi) is 5.12. The third kappa shape index (κ3) is 4.03. The number of para-hydroxylation sites is 2. The van der Waals surface area contributed by atoms with Crippen LogP contribution in [0.2, 0.25) is 0 Å². The summed E-state index contributed by atoms with van der Waals surface area (Å²) in [5.74, 6) is -0.369. The molecule has 1 aliphatic heterocycles. The summed E-state index contributed by atoms with van der Waals surface area (Å²) in [6.07, 6.45) is 1.11. The van der Waals surface area contributed by atoms with Gasteiger partial charge in [0.25, 0.3) is 5.91 Å². The summed E-state index contributed by atoms with van der Waals surface area (Å²) in [6.45, 7) is 2.14. The molecule has 0 aliphatic carbocycles. The van der Waals surface area contributed by atoms with Gasteiger partial charge < -0.3 is 15.2 Å². The second-order valence-corrected chi connectivity index (χ2v) is 7.29. The number of nitrogens with one attached hydrogen (secondary N) is 2. The zero-order valence-electron chi connectivity index (χ0n) is 16.1. The number of Topliss-reactive ketones (excluding diaryl/α,β-unsaturated/α-hetero) is 1. The van der Waals surface area contributed by atoms with Crippen molar-refractivity contribution >= 4 is 34.3 Å². The van der Waals surface area contributed by atoms with E-state index in [-0.39, 0.29) is 11.8 Å². The average Bonchev–Trinajstić information content (AvgIpc) is 3.18. The van der Waals surface area contributed by atoms with Gasteiger partial charge in [0.15, 0.2) is 0 Å². The molecule has 1 saturated heterocycles. The first kappa shape index (κ1) is 18.9. The predicted molar refractivity (Wildman–Crippen MR) is 110 cm³/mol. The number of hydrogen-bond acceptors (Lipinski definition) is 4. The molecule has 2 N–H and O–H groups in total. The van der Waals surface area contributed by atoms with Gasteiger partial charge in [0, 0.05) is 37.2 Å². The second kappa shape index (κ2) is 7.87. The summed E-state index contributed by atoms with van der Waals surface area (Å²) in [4.78, 5) is 44.9. The fourth-order valence-electron chi connectivity index (χ4n) is 3.61. The number of anilines is 1. The maximum absolute atomic E-state index is 12.6. The van der Waals surface area contributed by atoms with E-state index < -0.39 is 11.7 Å². The van der Waals surface area contributed by atoms with Crippen LogP contribution in [0.15, 0.2) is 48.5 Å². The number of nitrogens with zero attached hydrogens (tertiary/aromatic N) is 2. The molecule has 2 heterocycles. The van der Waals surface area contributed by atoms with Crippen LogP contribution in [0.25, 0.3) is 22.4 Å². The molecule has 0 radical (unpaired) electrons. The quantitative estimate of drug-likeness (QED) is 0.670. The minimum Gasteiger partial charge on any atom is -0.338 e. The van der Waals surface area contributed by atoms with Crippen molar-refractivity contribution in [3.63, 3.8) is 0 Å². The Bertz CT molecular complexity index is 1030. The van der Waals surface area contributed by atoms with Crippen molar-refractivity contribution < 1.29 is 14.4 Å². The van der Waals surface area contributed by atoms with Crippen molar-refractivity contribution in [3.8, 4) is 11.4 Å². The highest BCUT2D eigenvalue weighted by Crippen LogP contribution is 2.23. The van der Waals surface area contributed by atoms with E-state index in [0.29, 0.717) is 25.9 Å². The molecule has 4 rings (SSSR count). The molecule has 3 aromatic rings. The number of carbonyl (C=O) groups is 3. The molecule has 148 valence electrons. The average molecular weight is 390 g/mol. The van der Waals surface area contributed by atoms with Crippen LogP contribution in [0.5, 0.6) is 0 Å². The van der Waals surface area contributed by atoms with Crippen LogP contribution < -0.4 is 5.32 Å². The largest absolute Gasteiger partial charge is 0.338 e. The Morgan fingerprint density at radius 3 is 2.38 bits per heavy atom. The van der Waals surface area contributed by atoms with Gasteiger partial charge in [-0.15, -0.1) is 0 Å². The topological polar surface area (TPSA) is 95.2 Å². The van der Waals surface area contributed by atoms with Crippen molar-refractivity contribution in [3.05, 3.63) is 48.5 Å². The van der Waals surface area contributed by atoms with Crippen LogP contribution in [-0.2, 0) is 14.4 Å². The molecule has 1 fully saturated rings. The lowest BCUT2D eigenvalue weighted by Crippen LogP contribution is -2.43. The minimum absolute atomic E-state index is 0.0589. The zero-order chi connectivity index (χ0) is 20.4. The third-order valence-corrected chi connectivity index (χ3v) is 5.27. The molecule has 0 bridgehead atoms. The number of ketones is 1. The molecule has 0 spiro atoms. The minimum atomic E-state index is -0.468. The number of likely N-dealkylation sites (tertiary alicyclic amines) is 1. The molecular formula is C22H22N4O3. The summed E-state index contributed by atoms with van der Waals surface area (Å²) < 4.78 is 0. The van der Waals surface area contributed by atoms with E-state index in [1.807, 2.05) is 48.5 Å². The maximum atomic E-state index is 12.6. The lowest BCUT2D eigenvalue weighted by Gasteiger charge is -2.30. The van der Waals surface area contributed by atoms with Gasteiger partial charge in [-0.25, -0.2) is 4.98 Å². The highest BCUT2D eigenvalue weighted by molar-refractivity contribution is 6.35. The monoisotopic (exact) mass is 390 g/mol. The van der Waals surface area contributed by atoms with Gasteiger partial charge in [0.05, 0.1) is 11.0 Å². The van der Waals surface area contributed by atoms with Crippen LogP contribution in [0, 0.1) is 5.92 Å². The molecule has 29 heavy (non-hydrogen) atoms. The zero-order valence-corrected chi connectivity index (χ0v) is 16.1. The lowest BCUT2D eigenvalue weighted by molar-refractivity contribution is -0.145.